The maximum absolute atomic E-state index is 14.0. The van der Waals surface area contributed by atoms with E-state index in [4.69, 9.17) is 4.74 Å². The number of amides is 1. The number of carbonyl (C=O) groups is 1. The van der Waals surface area contributed by atoms with E-state index < -0.39 is 41.0 Å². The molecule has 1 amide bonds. The Labute approximate surface area is 241 Å². The molecule has 4 N–H and O–H groups in total. The average Bonchev–Trinajstić information content (AvgIpc) is 3.32. The third-order valence-corrected chi connectivity index (χ3v) is 7.58. The van der Waals surface area contributed by atoms with Gasteiger partial charge in [-0.05, 0) is 86.3 Å². The molecule has 2 unspecified atom stereocenters. The van der Waals surface area contributed by atoms with Gasteiger partial charge in [-0.3, -0.25) is 5.10 Å². The quantitative estimate of drug-likeness (QED) is 0.289. The number of carbonyl (C=O) groups excluding carboxylic acids is 1. The third kappa shape index (κ3) is 7.92. The first-order valence-corrected chi connectivity index (χ1v) is 14.1. The second-order valence-corrected chi connectivity index (χ2v) is 13.1. The molecule has 2 aromatic carbocycles. The molecule has 3 aromatic rings. The predicted molar refractivity (Wildman–Crippen MR) is 155 cm³/mol. The lowest BCUT2D eigenvalue weighted by Gasteiger charge is -2.40. The molecule has 0 saturated heterocycles. The molecule has 0 spiro atoms. The lowest BCUT2D eigenvalue weighted by atomic mass is 9.74. The first kappa shape index (κ1) is 30.7. The van der Waals surface area contributed by atoms with Gasteiger partial charge in [0.25, 0.3) is 0 Å². The topological polar surface area (TPSA) is 99.3 Å². The van der Waals surface area contributed by atoms with Gasteiger partial charge in [0, 0.05) is 23.8 Å². The first-order chi connectivity index (χ1) is 19.1. The van der Waals surface area contributed by atoms with E-state index in [1.807, 2.05) is 6.20 Å². The second kappa shape index (κ2) is 11.9. The summed E-state index contributed by atoms with van der Waals surface area (Å²) in [5, 5.41) is 25.2. The van der Waals surface area contributed by atoms with Crippen molar-refractivity contribution in [2.75, 3.05) is 6.54 Å². The smallest absolute Gasteiger partial charge is 0.407 e. The van der Waals surface area contributed by atoms with E-state index in [9.17, 15) is 18.7 Å². The molecule has 41 heavy (non-hydrogen) atoms. The highest BCUT2D eigenvalue weighted by Gasteiger charge is 2.38. The van der Waals surface area contributed by atoms with Crippen LogP contribution < -0.4 is 10.6 Å². The molecule has 7 nitrogen and oxygen atoms in total. The number of benzene rings is 2. The van der Waals surface area contributed by atoms with E-state index in [-0.39, 0.29) is 18.4 Å². The van der Waals surface area contributed by atoms with E-state index in [2.05, 4.69) is 65.9 Å². The fourth-order valence-electron chi connectivity index (χ4n) is 5.41. The number of nitrogens with one attached hydrogen (secondary N) is 3. The molecule has 0 saturated carbocycles. The monoisotopic (exact) mass is 568 g/mol. The molecule has 9 heteroatoms. The number of alkyl carbamates (subject to hydrolysis) is 1. The molecular formula is C32H42F2N4O3. The number of aliphatic hydroxyl groups is 1. The fraction of sp³-hybridized carbons (Fsp3) is 0.500. The summed E-state index contributed by atoms with van der Waals surface area (Å²) in [4.78, 5) is 12.7. The van der Waals surface area contributed by atoms with Crippen molar-refractivity contribution < 1.29 is 23.4 Å². The van der Waals surface area contributed by atoms with E-state index >= 15 is 0 Å². The Morgan fingerprint density at radius 3 is 2.49 bits per heavy atom. The van der Waals surface area contributed by atoms with Crippen molar-refractivity contribution >= 4 is 6.09 Å². The molecule has 1 aromatic heterocycles. The standard InChI is InChI=1S/C32H42F2N4O3/c1-30(2,3)22-8-7-9-23(15-22)32(11-10-26-21(17-32)18-36-38-26)35-19-28(39)27(37-29(40)41-31(4,5)6)14-20-12-24(33)16-25(34)13-20/h7-9,12-13,15-16,18,27-28,35,39H,10-11,14,17,19H2,1-6H3,(H,36,38)(H,37,40)/t27?,28-,32?/m0/s1. The maximum Gasteiger partial charge on any atom is 0.407 e. The molecular weight excluding hydrogens is 526 g/mol. The largest absolute Gasteiger partial charge is 0.444 e. The van der Waals surface area contributed by atoms with Gasteiger partial charge in [-0.1, -0.05) is 45.0 Å². The minimum absolute atomic E-state index is 0.00908. The molecule has 1 aliphatic rings. The average molecular weight is 569 g/mol. The number of hydrogen-bond acceptors (Lipinski definition) is 5. The highest BCUT2D eigenvalue weighted by Crippen LogP contribution is 2.37. The zero-order valence-corrected chi connectivity index (χ0v) is 24.8. The highest BCUT2D eigenvalue weighted by atomic mass is 19.1. The van der Waals surface area contributed by atoms with Gasteiger partial charge in [-0.15, -0.1) is 0 Å². The van der Waals surface area contributed by atoms with Gasteiger partial charge in [0.1, 0.15) is 17.2 Å². The number of aryl methyl sites for hydroxylation is 1. The van der Waals surface area contributed by atoms with Gasteiger partial charge in [-0.25, -0.2) is 13.6 Å². The summed E-state index contributed by atoms with van der Waals surface area (Å²) in [6.45, 7) is 11.9. The summed E-state index contributed by atoms with van der Waals surface area (Å²) >= 11 is 0. The Bertz CT molecular complexity index is 1340. The van der Waals surface area contributed by atoms with Crippen LogP contribution in [0.3, 0.4) is 0 Å². The number of nitrogens with zero attached hydrogens (tertiary/aromatic N) is 1. The maximum atomic E-state index is 14.0. The van der Waals surface area contributed by atoms with Gasteiger partial charge in [-0.2, -0.15) is 5.10 Å². The number of fused-ring (bicyclic) bond motifs is 1. The Hall–Kier alpha value is -3.30. The minimum Gasteiger partial charge on any atom is -0.444 e. The SMILES string of the molecule is CC(C)(C)OC(=O)NC(Cc1cc(F)cc(F)c1)[C@@H](O)CNC1(c2cccc(C(C)(C)C)c2)CCc2[nH]ncc2C1. The molecule has 4 rings (SSSR count). The Morgan fingerprint density at radius 2 is 1.83 bits per heavy atom. The number of halogens is 2. The summed E-state index contributed by atoms with van der Waals surface area (Å²) in [6.07, 6.45) is 2.25. The summed E-state index contributed by atoms with van der Waals surface area (Å²) in [5.41, 5.74) is 3.53. The van der Waals surface area contributed by atoms with Crippen LogP contribution in [-0.2, 0) is 35.0 Å². The van der Waals surface area contributed by atoms with Gasteiger partial charge in [0.05, 0.1) is 18.3 Å². The lowest BCUT2D eigenvalue weighted by molar-refractivity contribution is 0.0411. The summed E-state index contributed by atoms with van der Waals surface area (Å²) < 4.78 is 33.4. The molecule has 0 fully saturated rings. The van der Waals surface area contributed by atoms with Crippen molar-refractivity contribution in [3.05, 3.63) is 88.2 Å². The van der Waals surface area contributed by atoms with Crippen LogP contribution in [0.15, 0.2) is 48.7 Å². The van der Waals surface area contributed by atoms with Gasteiger partial charge in [0.2, 0.25) is 0 Å². The zero-order valence-electron chi connectivity index (χ0n) is 24.8. The van der Waals surface area contributed by atoms with Crippen LogP contribution in [0.2, 0.25) is 0 Å². The number of H-pyrrole nitrogens is 1. The van der Waals surface area contributed by atoms with Crippen LogP contribution in [0.5, 0.6) is 0 Å². The van der Waals surface area contributed by atoms with Crippen LogP contribution in [0, 0.1) is 11.6 Å². The van der Waals surface area contributed by atoms with Crippen LogP contribution in [-0.4, -0.2) is 45.7 Å². The second-order valence-electron chi connectivity index (χ2n) is 13.1. The molecule has 222 valence electrons. The fourth-order valence-corrected chi connectivity index (χ4v) is 5.41. The highest BCUT2D eigenvalue weighted by molar-refractivity contribution is 5.68. The molecule has 3 atom stereocenters. The van der Waals surface area contributed by atoms with Crippen molar-refractivity contribution in [3.8, 4) is 0 Å². The zero-order chi connectivity index (χ0) is 30.0. The van der Waals surface area contributed by atoms with Crippen LogP contribution >= 0.6 is 0 Å². The molecule has 1 heterocycles. The number of ether oxygens (including phenoxy) is 1. The summed E-state index contributed by atoms with van der Waals surface area (Å²) in [5.74, 6) is -1.45. The molecule has 0 radical (unpaired) electrons. The van der Waals surface area contributed by atoms with Crippen molar-refractivity contribution in [2.24, 2.45) is 0 Å². The van der Waals surface area contributed by atoms with E-state index in [1.54, 1.807) is 20.8 Å². The lowest BCUT2D eigenvalue weighted by Crippen LogP contribution is -2.54. The third-order valence-electron chi connectivity index (χ3n) is 7.58. The number of aliphatic hydroxyl groups excluding tert-OH is 1. The predicted octanol–water partition coefficient (Wildman–Crippen LogP) is 5.46. The Morgan fingerprint density at radius 1 is 1.12 bits per heavy atom. The summed E-state index contributed by atoms with van der Waals surface area (Å²) in [6, 6.07) is 10.8. The van der Waals surface area contributed by atoms with Crippen molar-refractivity contribution in [3.63, 3.8) is 0 Å². The Kier molecular flexibility index (Phi) is 8.90. The van der Waals surface area contributed by atoms with Gasteiger partial charge >= 0.3 is 6.09 Å². The summed E-state index contributed by atoms with van der Waals surface area (Å²) in [7, 11) is 0. The number of hydrogen-bond donors (Lipinski definition) is 4. The van der Waals surface area contributed by atoms with E-state index in [1.165, 1.54) is 17.7 Å². The molecule has 1 aliphatic carbocycles. The van der Waals surface area contributed by atoms with Gasteiger partial charge < -0.3 is 20.5 Å². The van der Waals surface area contributed by atoms with Crippen LogP contribution in [0.25, 0.3) is 0 Å². The Balaban J connectivity index is 1.61. The molecule has 0 bridgehead atoms. The minimum atomic E-state index is -1.10. The van der Waals surface area contributed by atoms with E-state index in [0.717, 1.165) is 35.7 Å². The number of rotatable bonds is 8. The number of aromatic amines is 1. The molecule has 0 aliphatic heterocycles. The normalized spacial score (nSPS) is 18.9. The van der Waals surface area contributed by atoms with Crippen molar-refractivity contribution in [1.82, 2.24) is 20.8 Å². The van der Waals surface area contributed by atoms with Crippen molar-refractivity contribution in [1.29, 1.82) is 0 Å². The van der Waals surface area contributed by atoms with Crippen molar-refractivity contribution in [2.45, 2.75) is 95.9 Å². The first-order valence-electron chi connectivity index (χ1n) is 14.1. The van der Waals surface area contributed by atoms with Gasteiger partial charge in [0.15, 0.2) is 0 Å². The van der Waals surface area contributed by atoms with Crippen LogP contribution in [0.4, 0.5) is 13.6 Å². The van der Waals surface area contributed by atoms with Crippen LogP contribution in [0.1, 0.15) is 75.9 Å². The van der Waals surface area contributed by atoms with E-state index in [0.29, 0.717) is 12.0 Å². The number of aromatic nitrogens is 2.